The molecule has 1 saturated carbocycles. The van der Waals surface area contributed by atoms with Crippen LogP contribution in [0, 0.1) is 0 Å². The number of hydrogen-bond donors (Lipinski definition) is 1. The quantitative estimate of drug-likeness (QED) is 0.925. The highest BCUT2D eigenvalue weighted by molar-refractivity contribution is 9.11. The van der Waals surface area contributed by atoms with Gasteiger partial charge < -0.3 is 5.32 Å². The van der Waals surface area contributed by atoms with Crippen LogP contribution in [0.25, 0.3) is 0 Å². The summed E-state index contributed by atoms with van der Waals surface area (Å²) in [7, 11) is 0. The summed E-state index contributed by atoms with van der Waals surface area (Å²) in [5.74, 6) is 0. The molecule has 0 radical (unpaired) electrons. The van der Waals surface area contributed by atoms with Gasteiger partial charge in [-0.2, -0.15) is 0 Å². The molecule has 1 aliphatic carbocycles. The molecule has 0 bridgehead atoms. The molecule has 0 amide bonds. The highest BCUT2D eigenvalue weighted by Gasteiger charge is 2.36. The first-order valence-electron chi connectivity index (χ1n) is 4.64. The van der Waals surface area contributed by atoms with Gasteiger partial charge in [0.05, 0.1) is 0 Å². The molecule has 0 aromatic carbocycles. The van der Waals surface area contributed by atoms with Gasteiger partial charge >= 0.3 is 0 Å². The molecule has 0 saturated heterocycles. The largest absolute Gasteiger partial charge is 0.307 e. The molecule has 0 atom stereocenters. The fraction of sp³-hybridized carbons (Fsp3) is 0.500. The molecule has 76 valence electrons. The first kappa shape index (κ1) is 10.6. The molecule has 14 heavy (non-hydrogen) atoms. The Labute approximate surface area is 101 Å². The maximum atomic E-state index is 4.08. The molecule has 1 fully saturated rings. The van der Waals surface area contributed by atoms with E-state index in [2.05, 4.69) is 49.1 Å². The van der Waals surface area contributed by atoms with Gasteiger partial charge in [-0.05, 0) is 57.2 Å². The molecule has 1 aromatic heterocycles. The average molecular weight is 320 g/mol. The second-order valence-corrected chi connectivity index (χ2v) is 5.70. The van der Waals surface area contributed by atoms with Gasteiger partial charge in [0, 0.05) is 33.4 Å². The van der Waals surface area contributed by atoms with Crippen molar-refractivity contribution in [3.63, 3.8) is 0 Å². The van der Waals surface area contributed by atoms with Gasteiger partial charge in [-0.3, -0.25) is 4.98 Å². The lowest BCUT2D eigenvalue weighted by molar-refractivity contribution is 0.536. The molecule has 0 aliphatic heterocycles. The van der Waals surface area contributed by atoms with Crippen LogP contribution in [0.1, 0.15) is 25.3 Å². The highest BCUT2D eigenvalue weighted by Crippen LogP contribution is 2.35. The van der Waals surface area contributed by atoms with Crippen LogP contribution in [-0.2, 0) is 6.54 Å². The lowest BCUT2D eigenvalue weighted by atomic mass is 10.2. The van der Waals surface area contributed by atoms with E-state index in [1.54, 1.807) is 0 Å². The zero-order valence-electron chi connectivity index (χ0n) is 7.98. The third kappa shape index (κ3) is 2.35. The fourth-order valence-electron chi connectivity index (χ4n) is 1.27. The zero-order chi connectivity index (χ0) is 10.2. The van der Waals surface area contributed by atoms with Crippen LogP contribution < -0.4 is 5.32 Å². The summed E-state index contributed by atoms with van der Waals surface area (Å²) in [5, 5.41) is 3.54. The topological polar surface area (TPSA) is 24.9 Å². The number of aromatic nitrogens is 1. The van der Waals surface area contributed by atoms with Crippen LogP contribution in [0.15, 0.2) is 21.3 Å². The Morgan fingerprint density at radius 2 is 1.93 bits per heavy atom. The highest BCUT2D eigenvalue weighted by atomic mass is 79.9. The lowest BCUT2D eigenvalue weighted by Gasteiger charge is -2.13. The summed E-state index contributed by atoms with van der Waals surface area (Å²) in [6.07, 6.45) is 6.23. The van der Waals surface area contributed by atoms with Gasteiger partial charge in [0.1, 0.15) is 0 Å². The minimum Gasteiger partial charge on any atom is -0.307 e. The molecule has 4 heteroatoms. The van der Waals surface area contributed by atoms with Crippen molar-refractivity contribution >= 4 is 31.9 Å². The van der Waals surface area contributed by atoms with Gasteiger partial charge in [-0.15, -0.1) is 0 Å². The summed E-state index contributed by atoms with van der Waals surface area (Å²) in [6, 6.07) is 0. The van der Waals surface area contributed by atoms with Crippen LogP contribution in [0.2, 0.25) is 0 Å². The summed E-state index contributed by atoms with van der Waals surface area (Å²) in [6.45, 7) is 3.15. The Kier molecular flexibility index (Phi) is 2.96. The van der Waals surface area contributed by atoms with E-state index in [9.17, 15) is 0 Å². The van der Waals surface area contributed by atoms with Crippen LogP contribution in [0.5, 0.6) is 0 Å². The van der Waals surface area contributed by atoms with E-state index >= 15 is 0 Å². The maximum Gasteiger partial charge on any atom is 0.0415 e. The van der Waals surface area contributed by atoms with Gasteiger partial charge in [-0.1, -0.05) is 0 Å². The number of pyridine rings is 1. The Morgan fingerprint density at radius 1 is 1.36 bits per heavy atom. The third-order valence-corrected chi connectivity index (χ3v) is 4.01. The predicted octanol–water partition coefficient (Wildman–Crippen LogP) is 3.25. The molecule has 0 unspecified atom stereocenters. The smallest absolute Gasteiger partial charge is 0.0415 e. The van der Waals surface area contributed by atoms with Crippen molar-refractivity contribution in [1.82, 2.24) is 10.3 Å². The van der Waals surface area contributed by atoms with Crippen molar-refractivity contribution in [2.45, 2.75) is 31.8 Å². The van der Waals surface area contributed by atoms with Crippen molar-refractivity contribution in [2.75, 3.05) is 0 Å². The summed E-state index contributed by atoms with van der Waals surface area (Å²) in [4.78, 5) is 4.08. The Hall–Kier alpha value is 0.0700. The van der Waals surface area contributed by atoms with Gasteiger partial charge in [0.2, 0.25) is 0 Å². The number of rotatable bonds is 3. The number of hydrogen-bond acceptors (Lipinski definition) is 2. The van der Waals surface area contributed by atoms with E-state index in [-0.39, 0.29) is 0 Å². The normalized spacial score (nSPS) is 18.2. The summed E-state index contributed by atoms with van der Waals surface area (Å²) >= 11 is 7.01. The SMILES string of the molecule is CC1(NCc2c(Br)cncc2Br)CC1. The van der Waals surface area contributed by atoms with Gasteiger partial charge in [-0.25, -0.2) is 0 Å². The van der Waals surface area contributed by atoms with E-state index in [0.29, 0.717) is 5.54 Å². The molecule has 0 spiro atoms. The molecule has 2 nitrogen and oxygen atoms in total. The Balaban J connectivity index is 2.08. The minimum absolute atomic E-state index is 0.377. The third-order valence-electron chi connectivity index (χ3n) is 2.64. The van der Waals surface area contributed by atoms with Crippen molar-refractivity contribution in [3.8, 4) is 0 Å². The van der Waals surface area contributed by atoms with E-state index in [1.165, 1.54) is 18.4 Å². The van der Waals surface area contributed by atoms with Crippen LogP contribution in [0.3, 0.4) is 0 Å². The molecule has 1 aromatic rings. The molecular weight excluding hydrogens is 308 g/mol. The van der Waals surface area contributed by atoms with Crippen molar-refractivity contribution in [1.29, 1.82) is 0 Å². The average Bonchev–Trinajstić information content (AvgIpc) is 2.83. The van der Waals surface area contributed by atoms with Gasteiger partial charge in [0.15, 0.2) is 0 Å². The standard InChI is InChI=1S/C10H12Br2N2/c1-10(2-3-10)14-4-7-8(11)5-13-6-9(7)12/h5-6,14H,2-4H2,1H3. The predicted molar refractivity (Wildman–Crippen MR) is 64.1 cm³/mol. The fourth-order valence-corrected chi connectivity index (χ4v) is 2.48. The Bertz CT molecular complexity index is 328. The Morgan fingerprint density at radius 3 is 2.43 bits per heavy atom. The van der Waals surface area contributed by atoms with Crippen molar-refractivity contribution in [3.05, 3.63) is 26.9 Å². The number of nitrogens with zero attached hydrogens (tertiary/aromatic N) is 1. The van der Waals surface area contributed by atoms with Crippen LogP contribution in [0.4, 0.5) is 0 Å². The molecular formula is C10H12Br2N2. The molecule has 1 N–H and O–H groups in total. The van der Waals surface area contributed by atoms with Gasteiger partial charge in [0.25, 0.3) is 0 Å². The zero-order valence-corrected chi connectivity index (χ0v) is 11.2. The van der Waals surface area contributed by atoms with E-state index < -0.39 is 0 Å². The molecule has 2 rings (SSSR count). The second-order valence-electron chi connectivity index (χ2n) is 4.00. The van der Waals surface area contributed by atoms with E-state index in [1.807, 2.05) is 12.4 Å². The summed E-state index contributed by atoms with van der Waals surface area (Å²) < 4.78 is 2.12. The van der Waals surface area contributed by atoms with Crippen LogP contribution in [-0.4, -0.2) is 10.5 Å². The van der Waals surface area contributed by atoms with E-state index in [0.717, 1.165) is 15.5 Å². The lowest BCUT2D eigenvalue weighted by Crippen LogP contribution is -2.27. The second kappa shape index (κ2) is 3.91. The van der Waals surface area contributed by atoms with E-state index in [4.69, 9.17) is 0 Å². The van der Waals surface area contributed by atoms with Crippen LogP contribution >= 0.6 is 31.9 Å². The minimum atomic E-state index is 0.377. The van der Waals surface area contributed by atoms with Crippen molar-refractivity contribution < 1.29 is 0 Å². The molecule has 1 aliphatic rings. The molecule has 1 heterocycles. The monoisotopic (exact) mass is 318 g/mol. The maximum absolute atomic E-state index is 4.08. The first-order valence-corrected chi connectivity index (χ1v) is 6.22. The first-order chi connectivity index (χ1) is 6.61. The number of halogens is 2. The van der Waals surface area contributed by atoms with Crippen molar-refractivity contribution in [2.24, 2.45) is 0 Å². The summed E-state index contributed by atoms with van der Waals surface area (Å²) in [5.41, 5.74) is 1.62. The number of nitrogens with one attached hydrogen (secondary N) is 1.